The summed E-state index contributed by atoms with van der Waals surface area (Å²) in [7, 11) is 0. The number of piperidine rings is 1. The van der Waals surface area contributed by atoms with E-state index in [-0.39, 0.29) is 81.2 Å². The predicted molar refractivity (Wildman–Crippen MR) is 274 cm³/mol. The van der Waals surface area contributed by atoms with Gasteiger partial charge in [0.25, 0.3) is 0 Å². The number of amides is 6. The highest BCUT2D eigenvalue weighted by molar-refractivity contribution is 5.94. The Kier molecular flexibility index (Phi) is 21.2. The van der Waals surface area contributed by atoms with E-state index < -0.39 is 53.8 Å². The summed E-state index contributed by atoms with van der Waals surface area (Å²) < 4.78 is 0. The Labute approximate surface area is 418 Å². The summed E-state index contributed by atoms with van der Waals surface area (Å²) in [6.45, 7) is 10.5. The van der Waals surface area contributed by atoms with Crippen LogP contribution in [0.25, 0.3) is 0 Å². The number of fused-ring (bicyclic) bond motifs is 1. The molecule has 0 unspecified atom stereocenters. The van der Waals surface area contributed by atoms with Gasteiger partial charge in [-0.15, -0.1) is 0 Å². The lowest BCUT2D eigenvalue weighted by Gasteiger charge is -2.32. The quantitative estimate of drug-likeness (QED) is 0.0337. The Morgan fingerprint density at radius 3 is 2.07 bits per heavy atom. The number of guanidine groups is 1. The van der Waals surface area contributed by atoms with Crippen molar-refractivity contribution in [3.05, 3.63) is 100 Å². The fraction of sp³-hybridized carbons (Fsp3) is 0.528. The zero-order valence-electron chi connectivity index (χ0n) is 42.0. The SMILES string of the molecule is Cc1cc(O)cc(C)c1C[C@H](N)C(=O)N[C@H](CCCN=C(N)N)C(=O)N[C@H]1Cc2ccccc2CN(CCCC(=O)N[C@@H](CCCN2CCC(Cc3ccccc3)CC2)C(=O)N[C@H](C(N)=O)C(C)C)C1=O. The largest absolute Gasteiger partial charge is 0.508 e. The van der Waals surface area contributed by atoms with Crippen LogP contribution >= 0.6 is 0 Å². The lowest BCUT2D eigenvalue weighted by atomic mass is 9.90. The van der Waals surface area contributed by atoms with Crippen molar-refractivity contribution in [1.82, 2.24) is 31.1 Å². The summed E-state index contributed by atoms with van der Waals surface area (Å²) >= 11 is 0. The Morgan fingerprint density at radius 1 is 0.789 bits per heavy atom. The maximum Gasteiger partial charge on any atom is 0.245 e. The molecule has 0 saturated carbocycles. The summed E-state index contributed by atoms with van der Waals surface area (Å²) in [5.41, 5.74) is 28.6. The van der Waals surface area contributed by atoms with Gasteiger partial charge in [-0.2, -0.15) is 0 Å². The van der Waals surface area contributed by atoms with Crippen LogP contribution in [0.4, 0.5) is 0 Å². The van der Waals surface area contributed by atoms with Gasteiger partial charge in [-0.3, -0.25) is 33.8 Å². The van der Waals surface area contributed by atoms with Crippen molar-refractivity contribution in [1.29, 1.82) is 0 Å². The second-order valence-electron chi connectivity index (χ2n) is 19.6. The molecule has 2 heterocycles. The maximum absolute atomic E-state index is 14.4. The standard InChI is InChI=1S/C53H77N11O7/c1-33(2)47(48(55)67)62-51(70)43(18-11-23-63-25-20-37(21-26-63)29-36-13-6-5-7-14-36)59-46(66)19-12-24-64-32-39-16-9-8-15-38(39)30-45(52(64)71)61-50(69)44(17-10-22-58-53(56)57)60-49(68)42(54)31-41-34(3)27-40(65)28-35(41)4/h5-9,13-16,27-28,33,37,42-45,47,65H,10-12,17-26,29-32,54H2,1-4H3,(H2,55,67)(H,59,66)(H,60,68)(H,61,69)(H,62,70)(H4,56,57,58)/t42-,43-,44+,45-,47-/m0/s1. The van der Waals surface area contributed by atoms with Gasteiger partial charge in [0.2, 0.25) is 35.4 Å². The van der Waals surface area contributed by atoms with E-state index in [1.54, 1.807) is 30.9 Å². The lowest BCUT2D eigenvalue weighted by Crippen LogP contribution is -2.56. The number of rotatable bonds is 25. The first-order valence-corrected chi connectivity index (χ1v) is 25.1. The topological polar surface area (TPSA) is 294 Å². The van der Waals surface area contributed by atoms with Gasteiger partial charge in [0, 0.05) is 32.5 Å². The fourth-order valence-corrected chi connectivity index (χ4v) is 9.62. The zero-order valence-corrected chi connectivity index (χ0v) is 42.0. The number of hydrogen-bond acceptors (Lipinski definition) is 10. The van der Waals surface area contributed by atoms with Crippen molar-refractivity contribution in [3.63, 3.8) is 0 Å². The number of aryl methyl sites for hydroxylation is 2. The molecule has 0 bridgehead atoms. The average Bonchev–Trinajstić information content (AvgIpc) is 3.45. The zero-order chi connectivity index (χ0) is 51.6. The number of hydrogen-bond donors (Lipinski definition) is 9. The second kappa shape index (κ2) is 27.2. The lowest BCUT2D eigenvalue weighted by molar-refractivity contribution is -0.138. The van der Waals surface area contributed by atoms with Gasteiger partial charge in [0.05, 0.1) is 6.04 Å². The van der Waals surface area contributed by atoms with Crippen LogP contribution in [0.3, 0.4) is 0 Å². The summed E-state index contributed by atoms with van der Waals surface area (Å²) in [5, 5.41) is 21.4. The van der Waals surface area contributed by atoms with Crippen molar-refractivity contribution < 1.29 is 33.9 Å². The molecule has 1 fully saturated rings. The molecule has 5 rings (SSSR count). The maximum atomic E-state index is 14.4. The molecule has 0 aromatic heterocycles. The Bertz CT molecular complexity index is 2290. The molecule has 13 N–H and O–H groups in total. The molecular formula is C53H77N11O7. The van der Waals surface area contributed by atoms with Gasteiger partial charge < -0.3 is 59.1 Å². The van der Waals surface area contributed by atoms with Crippen molar-refractivity contribution in [2.24, 2.45) is 39.8 Å². The predicted octanol–water partition coefficient (Wildman–Crippen LogP) is 2.11. The number of phenolic OH excluding ortho intramolecular Hbond substituents is 1. The van der Waals surface area contributed by atoms with Crippen LogP contribution in [0.15, 0.2) is 71.7 Å². The van der Waals surface area contributed by atoms with Crippen molar-refractivity contribution in [3.8, 4) is 5.75 Å². The normalized spacial score (nSPS) is 17.0. The first kappa shape index (κ1) is 55.4. The first-order chi connectivity index (χ1) is 33.9. The van der Waals surface area contributed by atoms with E-state index in [1.807, 2.05) is 44.2 Å². The van der Waals surface area contributed by atoms with Gasteiger partial charge in [-0.1, -0.05) is 68.4 Å². The smallest absolute Gasteiger partial charge is 0.245 e. The number of benzene rings is 3. The van der Waals surface area contributed by atoms with E-state index in [9.17, 15) is 33.9 Å². The van der Waals surface area contributed by atoms with Crippen LogP contribution in [-0.4, -0.2) is 119 Å². The molecule has 18 nitrogen and oxygen atoms in total. The highest BCUT2D eigenvalue weighted by Gasteiger charge is 2.34. The second-order valence-corrected chi connectivity index (χ2v) is 19.6. The van der Waals surface area contributed by atoms with Gasteiger partial charge in [0.15, 0.2) is 5.96 Å². The Morgan fingerprint density at radius 2 is 1.42 bits per heavy atom. The number of nitrogens with one attached hydrogen (secondary N) is 4. The molecule has 1 saturated heterocycles. The summed E-state index contributed by atoms with van der Waals surface area (Å²) in [5.74, 6) is -2.68. The molecule has 6 amide bonds. The molecule has 0 aliphatic carbocycles. The molecule has 5 atom stereocenters. The minimum Gasteiger partial charge on any atom is -0.508 e. The number of primary amides is 1. The van der Waals surface area contributed by atoms with Crippen LogP contribution in [0.1, 0.15) is 98.6 Å². The van der Waals surface area contributed by atoms with E-state index in [1.165, 1.54) is 5.56 Å². The van der Waals surface area contributed by atoms with Crippen LogP contribution in [-0.2, 0) is 54.6 Å². The Hall–Kier alpha value is -6.53. The highest BCUT2D eigenvalue weighted by atomic mass is 16.3. The average molecular weight is 980 g/mol. The van der Waals surface area contributed by atoms with Gasteiger partial charge in [-0.05, 0) is 149 Å². The summed E-state index contributed by atoms with van der Waals surface area (Å²) in [6, 6.07) is 16.3. The van der Waals surface area contributed by atoms with E-state index in [4.69, 9.17) is 22.9 Å². The van der Waals surface area contributed by atoms with E-state index in [0.717, 1.165) is 66.7 Å². The number of aromatic hydroxyl groups is 1. The molecule has 0 spiro atoms. The van der Waals surface area contributed by atoms with E-state index in [2.05, 4.69) is 55.4 Å². The van der Waals surface area contributed by atoms with E-state index in [0.29, 0.717) is 25.2 Å². The highest BCUT2D eigenvalue weighted by Crippen LogP contribution is 2.24. The number of aliphatic imine (C=N–C) groups is 1. The number of carbonyl (C=O) groups excluding carboxylic acids is 6. The van der Waals surface area contributed by atoms with Crippen LogP contribution in [0, 0.1) is 25.7 Å². The van der Waals surface area contributed by atoms with Crippen molar-refractivity contribution >= 4 is 41.4 Å². The fourth-order valence-electron chi connectivity index (χ4n) is 9.62. The van der Waals surface area contributed by atoms with Crippen LogP contribution in [0.2, 0.25) is 0 Å². The molecule has 0 radical (unpaired) electrons. The number of nitrogens with zero attached hydrogens (tertiary/aromatic N) is 3. The van der Waals surface area contributed by atoms with Gasteiger partial charge in [-0.25, -0.2) is 0 Å². The van der Waals surface area contributed by atoms with Crippen molar-refractivity contribution in [2.75, 3.05) is 32.7 Å². The van der Waals surface area contributed by atoms with Crippen LogP contribution < -0.4 is 44.2 Å². The summed E-state index contributed by atoms with van der Waals surface area (Å²) in [6.07, 6.45) is 5.30. The minimum atomic E-state index is -1.09. The molecule has 18 heteroatoms. The molecule has 2 aliphatic rings. The molecular weight excluding hydrogens is 903 g/mol. The van der Waals surface area contributed by atoms with E-state index >= 15 is 0 Å². The first-order valence-electron chi connectivity index (χ1n) is 25.1. The number of phenols is 1. The Balaban J connectivity index is 1.21. The molecule has 3 aromatic carbocycles. The molecule has 71 heavy (non-hydrogen) atoms. The third-order valence-electron chi connectivity index (χ3n) is 13.6. The molecule has 3 aromatic rings. The number of likely N-dealkylation sites (tertiary alicyclic amines) is 1. The third kappa shape index (κ3) is 17.4. The summed E-state index contributed by atoms with van der Waals surface area (Å²) in [4.78, 5) is 89.7. The van der Waals surface area contributed by atoms with Gasteiger partial charge in [0.1, 0.15) is 29.9 Å². The number of carbonyl (C=O) groups is 6. The number of nitrogens with two attached hydrogens (primary N) is 4. The molecule has 2 aliphatic heterocycles. The monoisotopic (exact) mass is 980 g/mol. The van der Waals surface area contributed by atoms with Crippen LogP contribution in [0.5, 0.6) is 5.75 Å². The molecule has 386 valence electrons. The third-order valence-corrected chi connectivity index (χ3v) is 13.6. The minimum absolute atomic E-state index is 0.00204. The van der Waals surface area contributed by atoms with Crippen molar-refractivity contribution in [2.45, 2.75) is 135 Å². The van der Waals surface area contributed by atoms with Gasteiger partial charge >= 0.3 is 0 Å².